The van der Waals surface area contributed by atoms with E-state index in [0.717, 1.165) is 25.7 Å². The van der Waals surface area contributed by atoms with E-state index in [9.17, 15) is 0 Å². The van der Waals surface area contributed by atoms with Crippen LogP contribution in [0.3, 0.4) is 0 Å². The third-order valence-corrected chi connectivity index (χ3v) is 4.71. The van der Waals surface area contributed by atoms with Gasteiger partial charge in [-0.1, -0.05) is 37.8 Å². The topological polar surface area (TPSA) is 38.9 Å². The minimum absolute atomic E-state index is 0.0382. The predicted molar refractivity (Wildman–Crippen MR) is 100 cm³/mol. The molecule has 3 heterocycles. The summed E-state index contributed by atoms with van der Waals surface area (Å²) in [6, 6.07) is 3.85. The quantitative estimate of drug-likeness (QED) is 0.476. The lowest BCUT2D eigenvalue weighted by Crippen LogP contribution is -1.99. The van der Waals surface area contributed by atoms with Gasteiger partial charge in [-0.15, -0.1) is 0 Å². The summed E-state index contributed by atoms with van der Waals surface area (Å²) < 4.78 is 63.9. The Morgan fingerprint density at radius 1 is 1.12 bits per heavy atom. The van der Waals surface area contributed by atoms with Crippen molar-refractivity contribution in [2.45, 2.75) is 32.1 Å². The van der Waals surface area contributed by atoms with Crippen LogP contribution in [0.4, 0.5) is 0 Å². The number of pyridine rings is 2. The van der Waals surface area contributed by atoms with Crippen molar-refractivity contribution < 1.29 is 14.0 Å². The summed E-state index contributed by atoms with van der Waals surface area (Å²) in [6.07, 6.45) is 3.34. The molecule has 1 aliphatic carbocycles. The van der Waals surface area contributed by atoms with Gasteiger partial charge in [-0.3, -0.25) is 4.98 Å². The lowest BCUT2D eigenvalue weighted by molar-refractivity contribution is 0.546. The number of hydrogen-bond acceptors (Lipinski definition) is 3. The Bertz CT molecular complexity index is 1380. The second kappa shape index (κ2) is 5.99. The van der Waals surface area contributed by atoms with Gasteiger partial charge in [0.2, 0.25) is 5.71 Å². The van der Waals surface area contributed by atoms with Crippen LogP contribution in [0.1, 0.15) is 40.8 Å². The van der Waals surface area contributed by atoms with E-state index in [2.05, 4.69) is 9.97 Å². The molecule has 3 nitrogen and oxygen atoms in total. The van der Waals surface area contributed by atoms with Crippen LogP contribution in [0, 0.1) is 5.92 Å². The molecule has 0 bridgehead atoms. The van der Waals surface area contributed by atoms with Crippen molar-refractivity contribution in [1.82, 2.24) is 9.97 Å². The van der Waals surface area contributed by atoms with Crippen molar-refractivity contribution in [2.24, 2.45) is 5.92 Å². The molecule has 0 atom stereocenters. The van der Waals surface area contributed by atoms with E-state index in [1.807, 2.05) is 0 Å². The number of fused-ring (bicyclic) bond motifs is 3. The Hall–Kier alpha value is -2.68. The molecule has 0 amide bonds. The Kier molecular flexibility index (Phi) is 2.19. The number of nitrogens with zero attached hydrogens (tertiary/aromatic N) is 2. The molecule has 0 spiro atoms. The van der Waals surface area contributed by atoms with Crippen LogP contribution in [-0.2, 0) is 6.37 Å². The zero-order valence-corrected chi connectivity index (χ0v) is 13.5. The highest BCUT2D eigenvalue weighted by Crippen LogP contribution is 2.35. The van der Waals surface area contributed by atoms with Crippen molar-refractivity contribution in [1.29, 1.82) is 0 Å². The molecule has 0 saturated heterocycles. The van der Waals surface area contributed by atoms with E-state index in [1.165, 1.54) is 12.3 Å². The van der Waals surface area contributed by atoms with E-state index in [4.69, 9.17) is 14.0 Å². The third-order valence-electron chi connectivity index (χ3n) is 4.71. The molecule has 1 aromatic carbocycles. The maximum absolute atomic E-state index is 8.70. The van der Waals surface area contributed by atoms with Crippen LogP contribution in [0.2, 0.25) is 0 Å². The first-order valence-corrected chi connectivity index (χ1v) is 8.47. The van der Waals surface area contributed by atoms with Crippen LogP contribution in [-0.4, -0.2) is 9.97 Å². The second-order valence-corrected chi connectivity index (χ2v) is 6.34. The van der Waals surface area contributed by atoms with Gasteiger partial charge in [0.1, 0.15) is 5.58 Å². The number of rotatable bonds is 3. The first-order valence-electron chi connectivity index (χ1n) is 12.0. The first-order chi connectivity index (χ1) is 15.2. The van der Waals surface area contributed by atoms with Gasteiger partial charge >= 0.3 is 0 Å². The molecule has 3 aromatic heterocycles. The van der Waals surface area contributed by atoms with E-state index in [0.29, 0.717) is 16.8 Å². The van der Waals surface area contributed by atoms with Gasteiger partial charge in [0, 0.05) is 31.4 Å². The van der Waals surface area contributed by atoms with Crippen molar-refractivity contribution in [2.75, 3.05) is 0 Å². The van der Waals surface area contributed by atoms with E-state index >= 15 is 0 Å². The highest BCUT2D eigenvalue weighted by Gasteiger charge is 2.17. The molecule has 1 fully saturated rings. The maximum Gasteiger partial charge on any atom is 0.227 e. The fourth-order valence-electron chi connectivity index (χ4n) is 3.50. The molecule has 1 saturated carbocycles. The molecule has 1 aliphatic rings. The molecule has 3 heteroatoms. The van der Waals surface area contributed by atoms with Crippen molar-refractivity contribution in [3.63, 3.8) is 0 Å². The summed E-state index contributed by atoms with van der Waals surface area (Å²) in [4.78, 5) is 8.34. The second-order valence-electron chi connectivity index (χ2n) is 6.34. The third kappa shape index (κ3) is 2.60. The summed E-state index contributed by atoms with van der Waals surface area (Å²) >= 11 is 0. The van der Waals surface area contributed by atoms with E-state index < -0.39 is 12.5 Å². The fraction of sp³-hybridized carbons (Fsp3) is 0.273. The average Bonchev–Trinajstić information content (AvgIpc) is 3.44. The Morgan fingerprint density at radius 3 is 2.92 bits per heavy atom. The zero-order valence-electron chi connectivity index (χ0n) is 20.5. The summed E-state index contributed by atoms with van der Waals surface area (Å²) in [5.41, 5.74) is 1.44. The Labute approximate surface area is 156 Å². The van der Waals surface area contributed by atoms with Gasteiger partial charge in [0.25, 0.3) is 0 Å². The van der Waals surface area contributed by atoms with Gasteiger partial charge < -0.3 is 4.42 Å². The Balaban J connectivity index is 1.76. The predicted octanol–water partition coefficient (Wildman–Crippen LogP) is 5.78. The molecule has 4 aromatic rings. The molecule has 25 heavy (non-hydrogen) atoms. The molecule has 0 radical (unpaired) electrons. The van der Waals surface area contributed by atoms with Crippen LogP contribution in [0.25, 0.3) is 33.3 Å². The van der Waals surface area contributed by atoms with Crippen molar-refractivity contribution in [3.8, 4) is 11.3 Å². The summed E-state index contributed by atoms with van der Waals surface area (Å²) in [6.45, 7) is 0. The van der Waals surface area contributed by atoms with Gasteiger partial charge in [0.05, 0.1) is 12.5 Å². The molecular formula is C22H20N2O. The van der Waals surface area contributed by atoms with Crippen LogP contribution >= 0.6 is 0 Å². The summed E-state index contributed by atoms with van der Waals surface area (Å²) in [5, 5.41) is 0.304. The Morgan fingerprint density at radius 2 is 2.00 bits per heavy atom. The van der Waals surface area contributed by atoms with Gasteiger partial charge in [0.15, 0.2) is 0 Å². The maximum atomic E-state index is 8.70. The lowest BCUT2D eigenvalue weighted by atomic mass is 9.97. The van der Waals surface area contributed by atoms with Crippen LogP contribution in [0.15, 0.2) is 59.2 Å². The summed E-state index contributed by atoms with van der Waals surface area (Å²) in [7, 11) is 0. The fourth-order valence-corrected chi connectivity index (χ4v) is 3.50. The highest BCUT2D eigenvalue weighted by molar-refractivity contribution is 6.08. The van der Waals surface area contributed by atoms with E-state index in [1.54, 1.807) is 12.1 Å². The average molecular weight is 335 g/mol. The molecule has 0 unspecified atom stereocenters. The van der Waals surface area contributed by atoms with E-state index in [-0.39, 0.29) is 52.2 Å². The number of hydrogen-bond donors (Lipinski definition) is 0. The highest BCUT2D eigenvalue weighted by atomic mass is 16.3. The summed E-state index contributed by atoms with van der Waals surface area (Å²) in [5.74, 6) is -0.0626. The zero-order chi connectivity index (χ0) is 22.8. The van der Waals surface area contributed by atoms with Crippen LogP contribution in [0.5, 0.6) is 0 Å². The van der Waals surface area contributed by atoms with Gasteiger partial charge in [-0.25, -0.2) is 4.98 Å². The lowest BCUT2D eigenvalue weighted by Gasteiger charge is -2.10. The molecule has 5 rings (SSSR count). The van der Waals surface area contributed by atoms with Gasteiger partial charge in [-0.2, -0.15) is 0 Å². The number of furan rings is 1. The smallest absolute Gasteiger partial charge is 0.227 e. The standard InChI is InChI=1S/C22H20N2O/c1-2-6-15(5-1)13-16-10-12-23-20(14-16)19-8-3-7-17-18-9-4-11-24-22(18)25-21(17)19/h3-4,7-12,14-15H,1-2,5-6,13H2/i3D,4D,7D,9D,11D,13D2. The normalized spacial score (nSPS) is 19.9. The number of para-hydroxylation sites is 1. The largest absolute Gasteiger partial charge is 0.437 e. The van der Waals surface area contributed by atoms with Crippen LogP contribution < -0.4 is 0 Å². The molecule has 124 valence electrons. The van der Waals surface area contributed by atoms with Crippen molar-refractivity contribution >= 4 is 22.1 Å². The van der Waals surface area contributed by atoms with Crippen molar-refractivity contribution in [3.05, 3.63) is 60.3 Å². The SMILES string of the molecule is [2H]c1cc(-c2cc(C([2H])([2H])C3CCCC3)ccn2)c2oc3nc([2H])c([2H])c([2H])c3c2c1[2H]. The minimum Gasteiger partial charge on any atom is -0.437 e. The number of aromatic nitrogens is 2. The molecule has 0 aliphatic heterocycles. The molecular weight excluding hydrogens is 308 g/mol. The monoisotopic (exact) mass is 335 g/mol. The van der Waals surface area contributed by atoms with Gasteiger partial charge in [-0.05, 0) is 48.1 Å². The minimum atomic E-state index is -1.52. The number of benzene rings is 1. The molecule has 0 N–H and O–H groups in total. The first kappa shape index (κ1) is 9.14.